The Labute approximate surface area is 135 Å². The molecule has 3 nitrogen and oxygen atoms in total. The molecular formula is C18H22O3S. The normalized spacial score (nSPS) is 20.0. The van der Waals surface area contributed by atoms with Crippen LogP contribution in [0.1, 0.15) is 52.9 Å². The molecular weight excluding hydrogens is 296 g/mol. The predicted octanol–water partition coefficient (Wildman–Crippen LogP) is 3.94. The summed E-state index contributed by atoms with van der Waals surface area (Å²) >= 11 is 1.32. The summed E-state index contributed by atoms with van der Waals surface area (Å²) in [7, 11) is 0. The minimum Gasteiger partial charge on any atom is -0.289 e. The molecule has 0 fully saturated rings. The number of hydrogen-bond acceptors (Lipinski definition) is 4. The van der Waals surface area contributed by atoms with E-state index < -0.39 is 0 Å². The van der Waals surface area contributed by atoms with Gasteiger partial charge in [0.1, 0.15) is 0 Å². The fourth-order valence-electron chi connectivity index (χ4n) is 2.68. The molecule has 2 aliphatic rings. The first-order valence-electron chi connectivity index (χ1n) is 7.83. The molecule has 0 aromatic carbocycles. The Morgan fingerprint density at radius 3 is 2.59 bits per heavy atom. The molecule has 0 radical (unpaired) electrons. The Hall–Kier alpha value is -1.42. The lowest BCUT2D eigenvalue weighted by molar-refractivity contribution is -0.119. The summed E-state index contributed by atoms with van der Waals surface area (Å²) < 4.78 is 0. The van der Waals surface area contributed by atoms with Crippen molar-refractivity contribution in [2.24, 2.45) is 0 Å². The van der Waals surface area contributed by atoms with Crippen molar-refractivity contribution in [2.75, 3.05) is 0 Å². The molecule has 0 saturated heterocycles. The van der Waals surface area contributed by atoms with Crippen LogP contribution in [0.15, 0.2) is 33.8 Å². The number of ketones is 3. The Morgan fingerprint density at radius 1 is 1.18 bits per heavy atom. The van der Waals surface area contributed by atoms with Crippen LogP contribution in [0.4, 0.5) is 0 Å². The topological polar surface area (TPSA) is 51.2 Å². The van der Waals surface area contributed by atoms with E-state index in [4.69, 9.17) is 0 Å². The average Bonchev–Trinajstić information content (AvgIpc) is 2.72. The predicted molar refractivity (Wildman–Crippen MR) is 89.7 cm³/mol. The van der Waals surface area contributed by atoms with Gasteiger partial charge in [-0.25, -0.2) is 0 Å². The molecule has 4 heteroatoms. The number of carbonyl (C=O) groups excluding carboxylic acids is 3. The molecule has 118 valence electrons. The van der Waals surface area contributed by atoms with Crippen molar-refractivity contribution in [3.05, 3.63) is 33.8 Å². The van der Waals surface area contributed by atoms with Crippen molar-refractivity contribution >= 4 is 29.1 Å². The Bertz CT molecular complexity index is 606. The maximum Gasteiger partial charge on any atom is 0.196 e. The highest BCUT2D eigenvalue weighted by atomic mass is 32.2. The van der Waals surface area contributed by atoms with E-state index in [1.807, 2.05) is 19.9 Å². The fraction of sp³-hybridized carbons (Fsp3) is 0.500. The van der Waals surface area contributed by atoms with Crippen molar-refractivity contribution in [1.29, 1.82) is 0 Å². The molecule has 0 aliphatic heterocycles. The van der Waals surface area contributed by atoms with E-state index in [0.717, 1.165) is 25.7 Å². The minimum absolute atomic E-state index is 0.0856. The maximum atomic E-state index is 12.8. The third-order valence-corrected chi connectivity index (χ3v) is 4.90. The zero-order valence-electron chi connectivity index (χ0n) is 13.4. The first kappa shape index (κ1) is 16.9. The first-order chi connectivity index (χ1) is 10.4. The van der Waals surface area contributed by atoms with Gasteiger partial charge in [0.15, 0.2) is 17.3 Å². The molecule has 0 N–H and O–H groups in total. The molecule has 2 aliphatic carbocycles. The first-order valence-corrected chi connectivity index (χ1v) is 8.71. The summed E-state index contributed by atoms with van der Waals surface area (Å²) in [6.45, 7) is 5.54. The number of Topliss-reactive ketones (excluding diaryl/α,β-unsaturated/α-hetero) is 2. The summed E-state index contributed by atoms with van der Waals surface area (Å²) in [4.78, 5) is 37.9. The molecule has 0 saturated carbocycles. The van der Waals surface area contributed by atoms with Gasteiger partial charge in [-0.15, -0.1) is 11.8 Å². The minimum atomic E-state index is -0.324. The monoisotopic (exact) mass is 318 g/mol. The zero-order chi connectivity index (χ0) is 16.3. The second-order valence-electron chi connectivity index (χ2n) is 6.05. The molecule has 0 spiro atoms. The van der Waals surface area contributed by atoms with E-state index in [1.54, 1.807) is 6.92 Å². The molecule has 0 bridgehead atoms. The van der Waals surface area contributed by atoms with Gasteiger partial charge in [-0.3, -0.25) is 14.4 Å². The molecule has 2 rings (SSSR count). The lowest BCUT2D eigenvalue weighted by Gasteiger charge is -2.18. The lowest BCUT2D eigenvalue weighted by Crippen LogP contribution is -2.24. The number of thioether (sulfide) groups is 1. The van der Waals surface area contributed by atoms with Gasteiger partial charge in [-0.1, -0.05) is 26.3 Å². The van der Waals surface area contributed by atoms with Crippen LogP contribution in [0.2, 0.25) is 0 Å². The van der Waals surface area contributed by atoms with Gasteiger partial charge in [-0.05, 0) is 44.3 Å². The van der Waals surface area contributed by atoms with Crippen molar-refractivity contribution in [2.45, 2.75) is 58.1 Å². The van der Waals surface area contributed by atoms with Crippen molar-refractivity contribution in [1.82, 2.24) is 0 Å². The highest BCUT2D eigenvalue weighted by Crippen LogP contribution is 2.34. The van der Waals surface area contributed by atoms with E-state index in [2.05, 4.69) is 0 Å². The second kappa shape index (κ2) is 7.23. The summed E-state index contributed by atoms with van der Waals surface area (Å²) in [6.07, 6.45) is 7.97. The van der Waals surface area contributed by atoms with Crippen LogP contribution in [-0.4, -0.2) is 22.6 Å². The molecule has 22 heavy (non-hydrogen) atoms. The van der Waals surface area contributed by atoms with Gasteiger partial charge in [0.25, 0.3) is 0 Å². The zero-order valence-corrected chi connectivity index (χ0v) is 14.2. The molecule has 0 unspecified atom stereocenters. The smallest absolute Gasteiger partial charge is 0.196 e. The van der Waals surface area contributed by atoms with Crippen molar-refractivity contribution in [3.8, 4) is 0 Å². The summed E-state index contributed by atoms with van der Waals surface area (Å²) in [6, 6.07) is 0. The van der Waals surface area contributed by atoms with Crippen LogP contribution in [0, 0.1) is 0 Å². The van der Waals surface area contributed by atoms with E-state index >= 15 is 0 Å². The van der Waals surface area contributed by atoms with Crippen LogP contribution in [0.3, 0.4) is 0 Å². The van der Waals surface area contributed by atoms with Gasteiger partial charge in [0, 0.05) is 10.8 Å². The molecule has 0 amide bonds. The van der Waals surface area contributed by atoms with E-state index in [-0.39, 0.29) is 28.2 Å². The quantitative estimate of drug-likeness (QED) is 0.582. The van der Waals surface area contributed by atoms with Gasteiger partial charge in [0.05, 0.1) is 10.5 Å². The molecule has 0 aromatic rings. The summed E-state index contributed by atoms with van der Waals surface area (Å²) in [5, 5.41) is 0.142. The van der Waals surface area contributed by atoms with E-state index in [1.165, 1.54) is 17.8 Å². The van der Waals surface area contributed by atoms with Gasteiger partial charge < -0.3 is 0 Å². The van der Waals surface area contributed by atoms with Gasteiger partial charge in [-0.2, -0.15) is 0 Å². The summed E-state index contributed by atoms with van der Waals surface area (Å²) in [5.41, 5.74) is 1.20. The van der Waals surface area contributed by atoms with Gasteiger partial charge in [0.2, 0.25) is 0 Å². The number of hydrogen-bond donors (Lipinski definition) is 0. The second-order valence-corrected chi connectivity index (χ2v) is 7.64. The Morgan fingerprint density at radius 2 is 1.91 bits per heavy atom. The number of rotatable bonds is 4. The SMILES string of the molecule is CC1=CC(=O)C(C(=O)C2=CCCCCC2)=C(SC(C)C)C1=O. The van der Waals surface area contributed by atoms with Gasteiger partial charge >= 0.3 is 0 Å². The molecule has 0 atom stereocenters. The van der Waals surface area contributed by atoms with Crippen molar-refractivity contribution < 1.29 is 14.4 Å². The highest BCUT2D eigenvalue weighted by molar-refractivity contribution is 8.04. The maximum absolute atomic E-state index is 12.8. The van der Waals surface area contributed by atoms with Crippen LogP contribution in [0.5, 0.6) is 0 Å². The van der Waals surface area contributed by atoms with Crippen LogP contribution in [-0.2, 0) is 14.4 Å². The lowest BCUT2D eigenvalue weighted by atomic mass is 9.90. The molecule has 0 heterocycles. The number of allylic oxidation sites excluding steroid dienone is 6. The van der Waals surface area contributed by atoms with Crippen LogP contribution >= 0.6 is 11.8 Å². The third kappa shape index (κ3) is 3.67. The third-order valence-electron chi connectivity index (χ3n) is 3.80. The highest BCUT2D eigenvalue weighted by Gasteiger charge is 2.33. The molecule has 0 aromatic heterocycles. The Kier molecular flexibility index (Phi) is 5.57. The van der Waals surface area contributed by atoms with E-state index in [0.29, 0.717) is 22.5 Å². The summed E-state index contributed by atoms with van der Waals surface area (Å²) in [5.74, 6) is -0.751. The standard InChI is InChI=1S/C18H22O3S/c1-11(2)22-18-15(14(19)10-12(3)16(18)20)17(21)13-8-6-4-5-7-9-13/h8,10-11H,4-7,9H2,1-3H3. The van der Waals surface area contributed by atoms with E-state index in [9.17, 15) is 14.4 Å². The Balaban J connectivity index is 2.43. The fourth-order valence-corrected chi connectivity index (χ4v) is 3.73. The van der Waals surface area contributed by atoms with Crippen LogP contribution in [0.25, 0.3) is 0 Å². The van der Waals surface area contributed by atoms with Crippen molar-refractivity contribution in [3.63, 3.8) is 0 Å². The van der Waals surface area contributed by atoms with Crippen LogP contribution < -0.4 is 0 Å². The number of carbonyl (C=O) groups is 3. The average molecular weight is 318 g/mol. The largest absolute Gasteiger partial charge is 0.289 e.